The number of nitrogens with zero attached hydrogens (tertiary/aromatic N) is 5. The Balaban J connectivity index is 0.000000207. The molecule has 0 saturated carbocycles. The quantitative estimate of drug-likeness (QED) is 0.302. The molecule has 0 spiro atoms. The lowest BCUT2D eigenvalue weighted by Crippen LogP contribution is -2.27. The number of aryl methyl sites for hydroxylation is 1. The van der Waals surface area contributed by atoms with Crippen LogP contribution in [0.2, 0.25) is 0 Å². The molecule has 0 aliphatic carbocycles. The summed E-state index contributed by atoms with van der Waals surface area (Å²) in [5, 5.41) is 7.84. The zero-order valence-electron chi connectivity index (χ0n) is 22.2. The number of hydrogen-bond donors (Lipinski definition) is 3. The zero-order valence-corrected chi connectivity index (χ0v) is 22.2. The molecule has 1 saturated heterocycles. The van der Waals surface area contributed by atoms with E-state index in [1.54, 1.807) is 23.0 Å². The van der Waals surface area contributed by atoms with Crippen LogP contribution in [0.5, 0.6) is 0 Å². The van der Waals surface area contributed by atoms with Crippen LogP contribution in [0.4, 0.5) is 5.82 Å². The molecule has 1 fully saturated rings. The number of hydrogen-bond acceptors (Lipinski definition) is 7. The topological polar surface area (TPSA) is 146 Å². The van der Waals surface area contributed by atoms with Gasteiger partial charge in [0.05, 0.1) is 16.6 Å². The molecular weight excluding hydrogens is 504 g/mol. The molecule has 202 valence electrons. The lowest BCUT2D eigenvalue weighted by molar-refractivity contribution is 0.100. The highest BCUT2D eigenvalue weighted by molar-refractivity contribution is 6.03. The summed E-state index contributed by atoms with van der Waals surface area (Å²) in [4.78, 5) is 33.1. The first-order valence-corrected chi connectivity index (χ1v) is 13.2. The number of nitrogens with one attached hydrogen (secondary N) is 1. The molecule has 0 unspecified atom stereocenters. The number of primary amides is 1. The van der Waals surface area contributed by atoms with Crippen molar-refractivity contribution >= 4 is 28.3 Å². The standard InChI is InChI=1S/C23H23N3O.C7H7N5O/c1-2-21-25-20-10-6-7-18(12-11-17-13-15-24-16-14-17)22(20)23(27)26(21)19-8-4-3-5-9-19;8-5-4(6(9)13)7-10-2-1-3-12(7)11-5/h3-10,17,24H,2,13-16H2,1H3;1-3H,(H2,8,11)(H2,9,13). The van der Waals surface area contributed by atoms with Gasteiger partial charge < -0.3 is 16.8 Å². The monoisotopic (exact) mass is 534 g/mol. The van der Waals surface area contributed by atoms with Gasteiger partial charge in [-0.05, 0) is 56.3 Å². The van der Waals surface area contributed by atoms with Crippen LogP contribution in [0.3, 0.4) is 0 Å². The van der Waals surface area contributed by atoms with Crippen LogP contribution in [0.25, 0.3) is 22.2 Å². The Labute approximate surface area is 231 Å². The maximum atomic E-state index is 13.4. The molecule has 6 rings (SSSR count). The van der Waals surface area contributed by atoms with E-state index in [2.05, 4.69) is 27.2 Å². The Bertz CT molecular complexity index is 1790. The molecule has 40 heavy (non-hydrogen) atoms. The Morgan fingerprint density at radius 2 is 1.88 bits per heavy atom. The fourth-order valence-electron chi connectivity index (χ4n) is 4.75. The minimum Gasteiger partial charge on any atom is -0.381 e. The van der Waals surface area contributed by atoms with Gasteiger partial charge in [0, 0.05) is 30.3 Å². The van der Waals surface area contributed by atoms with E-state index < -0.39 is 5.91 Å². The molecule has 1 aliphatic rings. The second kappa shape index (κ2) is 11.8. The maximum absolute atomic E-state index is 13.4. The maximum Gasteiger partial charge on any atom is 0.267 e. The minimum absolute atomic E-state index is 0.0433. The number of rotatable bonds is 3. The first-order valence-electron chi connectivity index (χ1n) is 13.2. The molecule has 5 N–H and O–H groups in total. The van der Waals surface area contributed by atoms with E-state index in [9.17, 15) is 9.59 Å². The normalized spacial score (nSPS) is 13.3. The second-order valence-corrected chi connectivity index (χ2v) is 9.36. The summed E-state index contributed by atoms with van der Waals surface area (Å²) in [6, 6.07) is 17.2. The average molecular weight is 535 g/mol. The van der Waals surface area contributed by atoms with Crippen LogP contribution in [-0.2, 0) is 6.42 Å². The smallest absolute Gasteiger partial charge is 0.267 e. The van der Waals surface area contributed by atoms with Gasteiger partial charge in [-0.25, -0.2) is 14.5 Å². The van der Waals surface area contributed by atoms with Gasteiger partial charge in [0.25, 0.3) is 11.5 Å². The van der Waals surface area contributed by atoms with Crippen molar-refractivity contribution in [3.63, 3.8) is 0 Å². The lowest BCUT2D eigenvalue weighted by atomic mass is 9.98. The number of carbonyl (C=O) groups excluding carboxylic acids is 1. The molecule has 4 heterocycles. The van der Waals surface area contributed by atoms with Crippen molar-refractivity contribution < 1.29 is 4.79 Å². The van der Waals surface area contributed by atoms with E-state index in [1.165, 1.54) is 4.52 Å². The number of nitrogen functional groups attached to an aromatic ring is 1. The van der Waals surface area contributed by atoms with Gasteiger partial charge in [-0.3, -0.25) is 14.2 Å². The summed E-state index contributed by atoms with van der Waals surface area (Å²) in [5.74, 6) is 7.30. The third-order valence-electron chi connectivity index (χ3n) is 6.72. The number of carbonyl (C=O) groups is 1. The van der Waals surface area contributed by atoms with E-state index in [0.717, 1.165) is 48.5 Å². The van der Waals surface area contributed by atoms with Crippen molar-refractivity contribution in [2.75, 3.05) is 18.8 Å². The molecule has 5 aromatic rings. The minimum atomic E-state index is -0.619. The van der Waals surface area contributed by atoms with Gasteiger partial charge in [-0.15, -0.1) is 5.10 Å². The van der Waals surface area contributed by atoms with Crippen molar-refractivity contribution in [1.82, 2.24) is 29.5 Å². The number of anilines is 1. The molecule has 10 nitrogen and oxygen atoms in total. The SMILES string of the molecule is CCc1nc2cccc(C#CC3CCNCC3)c2c(=O)n1-c1ccccc1.NC(=O)c1c(N)nn2cccnc12. The van der Waals surface area contributed by atoms with Crippen molar-refractivity contribution in [3.05, 3.63) is 94.3 Å². The summed E-state index contributed by atoms with van der Waals surface area (Å²) in [7, 11) is 0. The van der Waals surface area contributed by atoms with Crippen molar-refractivity contribution in [2.45, 2.75) is 26.2 Å². The Kier molecular flexibility index (Phi) is 7.84. The molecule has 2 aromatic carbocycles. The molecule has 0 atom stereocenters. The fourth-order valence-corrected chi connectivity index (χ4v) is 4.75. The van der Waals surface area contributed by atoms with Gasteiger partial charge in [-0.1, -0.05) is 43.0 Å². The molecule has 0 bridgehead atoms. The van der Waals surface area contributed by atoms with Crippen LogP contribution >= 0.6 is 0 Å². The largest absolute Gasteiger partial charge is 0.381 e. The van der Waals surface area contributed by atoms with Crippen LogP contribution in [-0.4, -0.2) is 43.1 Å². The number of fused-ring (bicyclic) bond motifs is 2. The molecule has 1 amide bonds. The van der Waals surface area contributed by atoms with Crippen LogP contribution in [0.1, 0.15) is 41.5 Å². The van der Waals surface area contributed by atoms with Crippen LogP contribution in [0.15, 0.2) is 71.8 Å². The van der Waals surface area contributed by atoms with Gasteiger partial charge in [0.15, 0.2) is 11.5 Å². The third-order valence-corrected chi connectivity index (χ3v) is 6.72. The van der Waals surface area contributed by atoms with E-state index in [-0.39, 0.29) is 16.9 Å². The molecule has 10 heteroatoms. The van der Waals surface area contributed by atoms with E-state index in [4.69, 9.17) is 16.5 Å². The van der Waals surface area contributed by atoms with Crippen molar-refractivity contribution in [3.8, 4) is 17.5 Å². The molecular formula is C30H30N8O2. The highest BCUT2D eigenvalue weighted by Gasteiger charge is 2.16. The Morgan fingerprint density at radius 3 is 2.60 bits per heavy atom. The van der Waals surface area contributed by atoms with E-state index in [0.29, 0.717) is 23.4 Å². The van der Waals surface area contributed by atoms with Crippen LogP contribution < -0.4 is 22.3 Å². The summed E-state index contributed by atoms with van der Waals surface area (Å²) in [6.45, 7) is 4.04. The number of para-hydroxylation sites is 1. The highest BCUT2D eigenvalue weighted by Crippen LogP contribution is 2.18. The predicted molar refractivity (Wildman–Crippen MR) is 155 cm³/mol. The lowest BCUT2D eigenvalue weighted by Gasteiger charge is -2.17. The number of piperidine rings is 1. The number of benzene rings is 2. The number of nitrogens with two attached hydrogens (primary N) is 2. The third kappa shape index (κ3) is 5.41. The summed E-state index contributed by atoms with van der Waals surface area (Å²) in [6.07, 6.45) is 5.99. The Hall–Kier alpha value is -5.01. The van der Waals surface area contributed by atoms with E-state index in [1.807, 2.05) is 55.5 Å². The molecule has 3 aromatic heterocycles. The van der Waals surface area contributed by atoms with Crippen molar-refractivity contribution in [1.29, 1.82) is 0 Å². The average Bonchev–Trinajstić information content (AvgIpc) is 3.33. The van der Waals surface area contributed by atoms with Gasteiger partial charge in [0.1, 0.15) is 11.4 Å². The van der Waals surface area contributed by atoms with Crippen molar-refractivity contribution in [2.24, 2.45) is 11.7 Å². The molecule has 1 aliphatic heterocycles. The first-order chi connectivity index (χ1) is 19.5. The fraction of sp³-hybridized carbons (Fsp3) is 0.233. The second-order valence-electron chi connectivity index (χ2n) is 9.36. The number of amides is 1. The van der Waals surface area contributed by atoms with E-state index >= 15 is 0 Å². The summed E-state index contributed by atoms with van der Waals surface area (Å²) in [5.41, 5.74) is 13.4. The highest BCUT2D eigenvalue weighted by atomic mass is 16.1. The summed E-state index contributed by atoms with van der Waals surface area (Å²) >= 11 is 0. The molecule has 0 radical (unpaired) electrons. The van der Waals surface area contributed by atoms with Crippen LogP contribution in [0, 0.1) is 17.8 Å². The van der Waals surface area contributed by atoms with Gasteiger partial charge in [0.2, 0.25) is 0 Å². The van der Waals surface area contributed by atoms with Gasteiger partial charge >= 0.3 is 0 Å². The first kappa shape index (κ1) is 26.6. The number of aromatic nitrogens is 5. The predicted octanol–water partition coefficient (Wildman–Crippen LogP) is 2.71. The Morgan fingerprint density at radius 1 is 1.10 bits per heavy atom. The van der Waals surface area contributed by atoms with Gasteiger partial charge in [-0.2, -0.15) is 0 Å². The summed E-state index contributed by atoms with van der Waals surface area (Å²) < 4.78 is 3.13. The zero-order chi connectivity index (χ0) is 28.1.